The standard InChI is InChI=1S/C19H15NO5/c20-18(23)17(22)10-13-6-4-12(5-7-13)8-9-16(21)14-2-1-3-15(11-14)19(24)25/h1-11,22H,(H2,20,23)(H,24,25). The summed E-state index contributed by atoms with van der Waals surface area (Å²) in [5, 5.41) is 18.2. The molecule has 0 saturated heterocycles. The first-order valence-electron chi connectivity index (χ1n) is 7.23. The molecular weight excluding hydrogens is 322 g/mol. The van der Waals surface area contributed by atoms with E-state index in [-0.39, 0.29) is 16.9 Å². The summed E-state index contributed by atoms with van der Waals surface area (Å²) in [5.41, 5.74) is 6.56. The van der Waals surface area contributed by atoms with Crippen LogP contribution in [0, 0.1) is 0 Å². The highest BCUT2D eigenvalue weighted by Crippen LogP contribution is 2.11. The molecule has 1 amide bonds. The van der Waals surface area contributed by atoms with Gasteiger partial charge >= 0.3 is 5.97 Å². The van der Waals surface area contributed by atoms with Crippen LogP contribution in [0.3, 0.4) is 0 Å². The third-order valence-electron chi connectivity index (χ3n) is 3.31. The van der Waals surface area contributed by atoms with E-state index in [9.17, 15) is 19.5 Å². The number of primary amides is 1. The maximum absolute atomic E-state index is 12.1. The zero-order valence-corrected chi connectivity index (χ0v) is 13.0. The van der Waals surface area contributed by atoms with Gasteiger partial charge in [-0.15, -0.1) is 0 Å². The summed E-state index contributed by atoms with van der Waals surface area (Å²) in [6.07, 6.45) is 4.16. The van der Waals surface area contributed by atoms with E-state index < -0.39 is 17.6 Å². The summed E-state index contributed by atoms with van der Waals surface area (Å²) in [4.78, 5) is 33.8. The predicted molar refractivity (Wildman–Crippen MR) is 93.0 cm³/mol. The van der Waals surface area contributed by atoms with Crippen LogP contribution in [0.4, 0.5) is 0 Å². The van der Waals surface area contributed by atoms with Crippen molar-refractivity contribution >= 4 is 29.8 Å². The normalized spacial score (nSPS) is 11.4. The summed E-state index contributed by atoms with van der Waals surface area (Å²) in [5.74, 6) is -2.88. The number of aliphatic hydroxyl groups is 1. The predicted octanol–water partition coefficient (Wildman–Crippen LogP) is 2.67. The fourth-order valence-corrected chi connectivity index (χ4v) is 2.01. The maximum Gasteiger partial charge on any atom is 0.335 e. The summed E-state index contributed by atoms with van der Waals surface area (Å²) < 4.78 is 0. The number of ketones is 1. The molecule has 0 fully saturated rings. The van der Waals surface area contributed by atoms with Crippen molar-refractivity contribution in [1.29, 1.82) is 0 Å². The molecule has 126 valence electrons. The summed E-state index contributed by atoms with van der Waals surface area (Å²) in [7, 11) is 0. The molecule has 0 bridgehead atoms. The number of benzene rings is 2. The van der Waals surface area contributed by atoms with E-state index in [2.05, 4.69) is 0 Å². The lowest BCUT2D eigenvalue weighted by molar-refractivity contribution is -0.116. The SMILES string of the molecule is NC(=O)C(O)=Cc1ccc(C=CC(=O)c2cccc(C(=O)O)c2)cc1. The fourth-order valence-electron chi connectivity index (χ4n) is 2.01. The van der Waals surface area contributed by atoms with Gasteiger partial charge in [0.05, 0.1) is 5.56 Å². The third-order valence-corrected chi connectivity index (χ3v) is 3.31. The second-order valence-electron chi connectivity index (χ2n) is 5.14. The molecule has 6 nitrogen and oxygen atoms in total. The fraction of sp³-hybridized carbons (Fsp3) is 0. The van der Waals surface area contributed by atoms with E-state index in [0.717, 1.165) is 5.56 Å². The Labute approximate surface area is 143 Å². The van der Waals surface area contributed by atoms with E-state index in [1.165, 1.54) is 30.4 Å². The number of amides is 1. The van der Waals surface area contributed by atoms with Crippen molar-refractivity contribution in [1.82, 2.24) is 0 Å². The van der Waals surface area contributed by atoms with Crippen molar-refractivity contribution in [3.63, 3.8) is 0 Å². The number of nitrogens with two attached hydrogens (primary N) is 1. The Hall–Kier alpha value is -3.67. The number of hydrogen-bond donors (Lipinski definition) is 3. The number of carboxylic acids is 1. The molecular formula is C19H15NO5. The number of carboxylic acid groups (broad SMARTS) is 1. The molecule has 25 heavy (non-hydrogen) atoms. The molecule has 0 aromatic heterocycles. The van der Waals surface area contributed by atoms with Gasteiger partial charge in [-0.2, -0.15) is 0 Å². The van der Waals surface area contributed by atoms with Gasteiger partial charge in [-0.1, -0.05) is 42.5 Å². The van der Waals surface area contributed by atoms with Crippen LogP contribution in [-0.2, 0) is 4.79 Å². The molecule has 4 N–H and O–H groups in total. The molecule has 0 aliphatic heterocycles. The molecule has 6 heteroatoms. The van der Waals surface area contributed by atoms with Gasteiger partial charge in [0.25, 0.3) is 5.91 Å². The first kappa shape index (κ1) is 17.7. The quantitative estimate of drug-likeness (QED) is 0.425. The Bertz CT molecular complexity index is 879. The lowest BCUT2D eigenvalue weighted by Gasteiger charge is -1.99. The van der Waals surface area contributed by atoms with Crippen molar-refractivity contribution in [3.8, 4) is 0 Å². The van der Waals surface area contributed by atoms with Crippen LogP contribution in [0.25, 0.3) is 12.2 Å². The number of hydrogen-bond acceptors (Lipinski definition) is 4. The number of rotatable bonds is 6. The smallest absolute Gasteiger partial charge is 0.335 e. The first-order valence-corrected chi connectivity index (χ1v) is 7.23. The van der Waals surface area contributed by atoms with E-state index in [1.54, 1.807) is 36.4 Å². The van der Waals surface area contributed by atoms with E-state index >= 15 is 0 Å². The second kappa shape index (κ2) is 7.74. The van der Waals surface area contributed by atoms with Gasteiger partial charge in [-0.3, -0.25) is 9.59 Å². The van der Waals surface area contributed by atoms with Gasteiger partial charge in [-0.25, -0.2) is 4.79 Å². The largest absolute Gasteiger partial charge is 0.503 e. The minimum atomic E-state index is -1.10. The van der Waals surface area contributed by atoms with Crippen molar-refractivity contribution < 1.29 is 24.6 Å². The molecule has 0 saturated carbocycles. The first-order chi connectivity index (χ1) is 11.9. The zero-order chi connectivity index (χ0) is 18.4. The minimum absolute atomic E-state index is 0.0460. The lowest BCUT2D eigenvalue weighted by Crippen LogP contribution is -2.12. The third kappa shape index (κ3) is 4.90. The van der Waals surface area contributed by atoms with Gasteiger partial charge < -0.3 is 15.9 Å². The molecule has 0 atom stereocenters. The molecule has 2 rings (SSSR count). The Kier molecular flexibility index (Phi) is 5.47. The van der Waals surface area contributed by atoms with Crippen molar-refractivity contribution in [3.05, 3.63) is 82.6 Å². The molecule has 2 aromatic rings. The van der Waals surface area contributed by atoms with Crippen LogP contribution in [0.1, 0.15) is 31.8 Å². The second-order valence-corrected chi connectivity index (χ2v) is 5.14. The maximum atomic E-state index is 12.1. The summed E-state index contributed by atoms with van der Waals surface area (Å²) in [6, 6.07) is 12.5. The van der Waals surface area contributed by atoms with Gasteiger partial charge in [-0.05, 0) is 35.4 Å². The highest BCUT2D eigenvalue weighted by molar-refractivity contribution is 6.07. The number of carbonyl (C=O) groups excluding carboxylic acids is 2. The highest BCUT2D eigenvalue weighted by atomic mass is 16.4. The molecule has 2 aromatic carbocycles. The Balaban J connectivity index is 2.12. The number of allylic oxidation sites excluding steroid dienone is 1. The van der Waals surface area contributed by atoms with Crippen molar-refractivity contribution in [2.45, 2.75) is 0 Å². The molecule has 0 radical (unpaired) electrons. The lowest BCUT2D eigenvalue weighted by atomic mass is 10.1. The van der Waals surface area contributed by atoms with E-state index in [4.69, 9.17) is 10.8 Å². The van der Waals surface area contributed by atoms with Crippen LogP contribution in [-0.4, -0.2) is 27.9 Å². The average molecular weight is 337 g/mol. The van der Waals surface area contributed by atoms with Crippen LogP contribution < -0.4 is 5.73 Å². The zero-order valence-electron chi connectivity index (χ0n) is 13.0. The van der Waals surface area contributed by atoms with Gasteiger partial charge in [0, 0.05) is 5.56 Å². The summed E-state index contributed by atoms with van der Waals surface area (Å²) >= 11 is 0. The van der Waals surface area contributed by atoms with Gasteiger partial charge in [0.2, 0.25) is 0 Å². The van der Waals surface area contributed by atoms with Crippen LogP contribution in [0.5, 0.6) is 0 Å². The number of aromatic carboxylic acids is 1. The average Bonchev–Trinajstić information content (AvgIpc) is 2.60. The Morgan fingerprint density at radius 2 is 1.48 bits per heavy atom. The minimum Gasteiger partial charge on any atom is -0.503 e. The van der Waals surface area contributed by atoms with Crippen LogP contribution in [0.15, 0.2) is 60.4 Å². The van der Waals surface area contributed by atoms with Gasteiger partial charge in [0.1, 0.15) is 0 Å². The number of carbonyl (C=O) groups is 3. The summed E-state index contributed by atoms with van der Waals surface area (Å²) in [6.45, 7) is 0. The monoisotopic (exact) mass is 337 g/mol. The molecule has 0 heterocycles. The van der Waals surface area contributed by atoms with E-state index in [0.29, 0.717) is 5.56 Å². The molecule has 0 spiro atoms. The molecule has 0 aliphatic rings. The number of aliphatic hydroxyl groups excluding tert-OH is 1. The molecule has 0 unspecified atom stereocenters. The Morgan fingerprint density at radius 1 is 0.880 bits per heavy atom. The topological polar surface area (TPSA) is 118 Å². The van der Waals surface area contributed by atoms with Crippen LogP contribution in [0.2, 0.25) is 0 Å². The van der Waals surface area contributed by atoms with Crippen molar-refractivity contribution in [2.24, 2.45) is 5.73 Å². The Morgan fingerprint density at radius 3 is 2.08 bits per heavy atom. The van der Waals surface area contributed by atoms with Crippen LogP contribution >= 0.6 is 0 Å². The van der Waals surface area contributed by atoms with E-state index in [1.807, 2.05) is 0 Å². The van der Waals surface area contributed by atoms with Crippen molar-refractivity contribution in [2.75, 3.05) is 0 Å². The highest BCUT2D eigenvalue weighted by Gasteiger charge is 2.07. The van der Waals surface area contributed by atoms with Gasteiger partial charge in [0.15, 0.2) is 11.5 Å². The molecule has 0 aliphatic carbocycles.